The number of aliphatic hydroxyl groups is 2. The summed E-state index contributed by atoms with van der Waals surface area (Å²) in [5.74, 6) is 1.13. The first-order valence-corrected chi connectivity index (χ1v) is 15.0. The molecular formula is C30H56N4O6. The second-order valence-corrected chi connectivity index (χ2v) is 12.7. The van der Waals surface area contributed by atoms with Gasteiger partial charge in [-0.3, -0.25) is 33.9 Å². The molecule has 3 saturated heterocycles. The van der Waals surface area contributed by atoms with Gasteiger partial charge in [0, 0.05) is 57.0 Å². The first-order valence-electron chi connectivity index (χ1n) is 15.0. The molecule has 0 spiro atoms. The van der Waals surface area contributed by atoms with E-state index < -0.39 is 5.60 Å². The predicted molar refractivity (Wildman–Crippen MR) is 157 cm³/mol. The topological polar surface area (TPSA) is 130 Å². The zero-order chi connectivity index (χ0) is 30.5. The smallest absolute Gasteiger partial charge is 0.234 e. The fourth-order valence-electron chi connectivity index (χ4n) is 4.31. The molecule has 3 heterocycles. The van der Waals surface area contributed by atoms with Crippen molar-refractivity contribution in [3.63, 3.8) is 0 Å². The molecule has 232 valence electrons. The van der Waals surface area contributed by atoms with Crippen LogP contribution in [0, 0.1) is 17.8 Å². The Labute approximate surface area is 241 Å². The summed E-state index contributed by atoms with van der Waals surface area (Å²) in [4.78, 5) is 51.3. The van der Waals surface area contributed by atoms with E-state index in [0.29, 0.717) is 44.3 Å². The third kappa shape index (κ3) is 15.3. The van der Waals surface area contributed by atoms with Crippen molar-refractivity contribution in [2.24, 2.45) is 17.8 Å². The number of nitrogens with one attached hydrogen (secondary N) is 1. The summed E-state index contributed by atoms with van der Waals surface area (Å²) in [5.41, 5.74) is -0.516. The Balaban J connectivity index is 0.000000300. The van der Waals surface area contributed by atoms with E-state index in [1.807, 2.05) is 53.4 Å². The maximum absolute atomic E-state index is 11.5. The van der Waals surface area contributed by atoms with Crippen molar-refractivity contribution in [2.75, 3.05) is 65.4 Å². The summed E-state index contributed by atoms with van der Waals surface area (Å²) in [6.07, 6.45) is 3.03. The molecule has 10 heteroatoms. The van der Waals surface area contributed by atoms with E-state index in [1.165, 1.54) is 0 Å². The number of nitrogens with zero attached hydrogens (tertiary/aromatic N) is 3. The van der Waals surface area contributed by atoms with Crippen molar-refractivity contribution in [1.82, 2.24) is 20.0 Å². The van der Waals surface area contributed by atoms with Gasteiger partial charge >= 0.3 is 0 Å². The minimum absolute atomic E-state index is 0.0165. The number of hydrogen-bond acceptors (Lipinski definition) is 9. The van der Waals surface area contributed by atoms with Gasteiger partial charge in [-0.1, -0.05) is 41.5 Å². The lowest BCUT2D eigenvalue weighted by Crippen LogP contribution is -2.49. The van der Waals surface area contributed by atoms with Crippen LogP contribution in [0.2, 0.25) is 0 Å². The second kappa shape index (κ2) is 18.0. The van der Waals surface area contributed by atoms with Gasteiger partial charge in [0.1, 0.15) is 17.3 Å². The van der Waals surface area contributed by atoms with E-state index in [-0.39, 0.29) is 35.5 Å². The third-order valence-electron chi connectivity index (χ3n) is 7.68. The molecule has 0 bridgehead atoms. The SMILES string of the molecule is CC(C)C(=O)CN1CCC(C)(O)CC1.CC(C)C(=O)CN1CCC(O)CC1.CC(C)C(=O)CN1CCNC(=O)C1. The van der Waals surface area contributed by atoms with Gasteiger partial charge in [-0.05, 0) is 32.6 Å². The van der Waals surface area contributed by atoms with E-state index in [0.717, 1.165) is 58.4 Å². The molecular weight excluding hydrogens is 512 g/mol. The normalized spacial score (nSPS) is 20.9. The number of carbonyl (C=O) groups is 4. The number of likely N-dealkylation sites (tertiary alicyclic amines) is 2. The number of Topliss-reactive ketones (excluding diaryl/α,β-unsaturated/α-hetero) is 3. The fraction of sp³-hybridized carbons (Fsp3) is 0.867. The molecule has 0 aromatic rings. The fourth-order valence-corrected chi connectivity index (χ4v) is 4.31. The Kier molecular flexibility index (Phi) is 16.3. The minimum Gasteiger partial charge on any atom is -0.393 e. The quantitative estimate of drug-likeness (QED) is 0.377. The third-order valence-corrected chi connectivity index (χ3v) is 7.68. The molecule has 0 atom stereocenters. The van der Waals surface area contributed by atoms with Crippen molar-refractivity contribution in [3.05, 3.63) is 0 Å². The first-order chi connectivity index (χ1) is 18.6. The van der Waals surface area contributed by atoms with Crippen LogP contribution >= 0.6 is 0 Å². The van der Waals surface area contributed by atoms with E-state index >= 15 is 0 Å². The van der Waals surface area contributed by atoms with Crippen molar-refractivity contribution in [2.45, 2.75) is 85.9 Å². The Morgan fingerprint density at radius 1 is 0.775 bits per heavy atom. The van der Waals surface area contributed by atoms with Crippen molar-refractivity contribution < 1.29 is 29.4 Å². The lowest BCUT2D eigenvalue weighted by atomic mass is 9.93. The largest absolute Gasteiger partial charge is 0.393 e. The zero-order valence-corrected chi connectivity index (χ0v) is 26.1. The van der Waals surface area contributed by atoms with Crippen LogP contribution < -0.4 is 5.32 Å². The van der Waals surface area contributed by atoms with E-state index in [4.69, 9.17) is 0 Å². The lowest BCUT2D eigenvalue weighted by molar-refractivity contribution is -0.127. The van der Waals surface area contributed by atoms with E-state index in [9.17, 15) is 29.4 Å². The van der Waals surface area contributed by atoms with Crippen LogP contribution in [-0.4, -0.2) is 125 Å². The molecule has 3 N–H and O–H groups in total. The van der Waals surface area contributed by atoms with Gasteiger partial charge in [-0.15, -0.1) is 0 Å². The molecule has 3 aliphatic heterocycles. The Morgan fingerprint density at radius 2 is 1.18 bits per heavy atom. The van der Waals surface area contributed by atoms with Crippen LogP contribution in [0.25, 0.3) is 0 Å². The van der Waals surface area contributed by atoms with Crippen LogP contribution in [0.1, 0.15) is 74.1 Å². The number of carbonyl (C=O) groups excluding carboxylic acids is 4. The van der Waals surface area contributed by atoms with Crippen LogP contribution in [-0.2, 0) is 19.2 Å². The van der Waals surface area contributed by atoms with Gasteiger partial charge < -0.3 is 15.5 Å². The number of piperidine rings is 2. The van der Waals surface area contributed by atoms with Gasteiger partial charge in [-0.25, -0.2) is 0 Å². The summed E-state index contributed by atoms with van der Waals surface area (Å²) in [7, 11) is 0. The first kappa shape index (κ1) is 36.3. The number of aliphatic hydroxyl groups excluding tert-OH is 1. The molecule has 0 unspecified atom stereocenters. The monoisotopic (exact) mass is 568 g/mol. The average molecular weight is 569 g/mol. The average Bonchev–Trinajstić information content (AvgIpc) is 2.87. The van der Waals surface area contributed by atoms with Gasteiger partial charge in [-0.2, -0.15) is 0 Å². The van der Waals surface area contributed by atoms with Gasteiger partial charge in [0.25, 0.3) is 0 Å². The summed E-state index contributed by atoms with van der Waals surface area (Å²) < 4.78 is 0. The highest BCUT2D eigenvalue weighted by atomic mass is 16.3. The van der Waals surface area contributed by atoms with Gasteiger partial charge in [0.05, 0.1) is 37.9 Å². The molecule has 0 aromatic carbocycles. The molecule has 0 radical (unpaired) electrons. The van der Waals surface area contributed by atoms with E-state index in [2.05, 4.69) is 15.1 Å². The number of rotatable bonds is 9. The number of hydrogen-bond donors (Lipinski definition) is 3. The van der Waals surface area contributed by atoms with Crippen LogP contribution in [0.5, 0.6) is 0 Å². The second-order valence-electron chi connectivity index (χ2n) is 12.7. The maximum atomic E-state index is 11.5. The number of ketones is 3. The predicted octanol–water partition coefficient (Wildman–Crippen LogP) is 1.37. The Bertz CT molecular complexity index is 796. The minimum atomic E-state index is -0.516. The lowest BCUT2D eigenvalue weighted by Gasteiger charge is -2.35. The van der Waals surface area contributed by atoms with Crippen LogP contribution in [0.15, 0.2) is 0 Å². The standard InChI is InChI=1S/C11H21NO2.C10H19NO2.C9H16N2O2/c1-9(2)10(13)8-12-6-4-11(3,14)5-7-12;1-8(2)10(13)7-11-5-3-9(12)4-6-11;1-7(2)8(12)5-11-4-3-10-9(13)6-11/h9,14H,4-8H2,1-3H3;8-9,12H,3-7H2,1-2H3;7H,3-6H2,1-2H3,(H,10,13). The summed E-state index contributed by atoms with van der Waals surface area (Å²) in [5, 5.41) is 21.7. The summed E-state index contributed by atoms with van der Waals surface area (Å²) >= 11 is 0. The van der Waals surface area contributed by atoms with Crippen LogP contribution in [0.3, 0.4) is 0 Å². The Morgan fingerprint density at radius 3 is 1.57 bits per heavy atom. The van der Waals surface area contributed by atoms with Crippen molar-refractivity contribution in [1.29, 1.82) is 0 Å². The van der Waals surface area contributed by atoms with Crippen molar-refractivity contribution in [3.8, 4) is 0 Å². The Hall–Kier alpha value is -1.72. The highest BCUT2D eigenvalue weighted by Crippen LogP contribution is 2.21. The van der Waals surface area contributed by atoms with Gasteiger partial charge in [0.15, 0.2) is 0 Å². The molecule has 10 nitrogen and oxygen atoms in total. The molecule has 3 fully saturated rings. The highest BCUT2D eigenvalue weighted by Gasteiger charge is 2.28. The van der Waals surface area contributed by atoms with E-state index in [1.54, 1.807) is 0 Å². The van der Waals surface area contributed by atoms with Crippen molar-refractivity contribution >= 4 is 23.3 Å². The molecule has 0 saturated carbocycles. The number of piperazine rings is 1. The number of amides is 1. The maximum Gasteiger partial charge on any atom is 0.234 e. The van der Waals surface area contributed by atoms with Gasteiger partial charge in [0.2, 0.25) is 5.91 Å². The summed E-state index contributed by atoms with van der Waals surface area (Å²) in [6, 6.07) is 0. The molecule has 40 heavy (non-hydrogen) atoms. The molecule has 1 amide bonds. The van der Waals surface area contributed by atoms with Crippen LogP contribution in [0.4, 0.5) is 0 Å². The molecule has 0 aromatic heterocycles. The molecule has 3 rings (SSSR count). The molecule has 0 aliphatic carbocycles. The molecule has 3 aliphatic rings. The summed E-state index contributed by atoms with van der Waals surface area (Å²) in [6.45, 7) is 20.1. The zero-order valence-electron chi connectivity index (χ0n) is 26.1. The highest BCUT2D eigenvalue weighted by molar-refractivity contribution is 5.84.